The van der Waals surface area contributed by atoms with E-state index in [1.165, 1.54) is 5.56 Å². The van der Waals surface area contributed by atoms with Gasteiger partial charge in [0.2, 0.25) is 6.79 Å². The molecule has 0 aliphatic carbocycles. The quantitative estimate of drug-likeness (QED) is 0.115. The first kappa shape index (κ1) is 32.9. The van der Waals surface area contributed by atoms with Gasteiger partial charge in [-0.2, -0.15) is 0 Å². The monoisotopic (exact) mass is 679 g/mol. The van der Waals surface area contributed by atoms with Gasteiger partial charge in [0.1, 0.15) is 5.82 Å². The fourth-order valence-electron chi connectivity index (χ4n) is 6.53. The number of hydrogen-bond acceptors (Lipinski definition) is 10. The van der Waals surface area contributed by atoms with Gasteiger partial charge in [0.25, 0.3) is 5.91 Å². The summed E-state index contributed by atoms with van der Waals surface area (Å²) in [7, 11) is 0. The molecule has 0 saturated carbocycles. The Kier molecular flexibility index (Phi) is 10.3. The Morgan fingerprint density at radius 3 is 2.43 bits per heavy atom. The molecule has 0 radical (unpaired) electrons. The van der Waals surface area contributed by atoms with Gasteiger partial charge in [-0.05, 0) is 55.2 Å². The van der Waals surface area contributed by atoms with E-state index in [9.17, 15) is 9.59 Å². The lowest BCUT2D eigenvalue weighted by molar-refractivity contribution is -0.149. The number of aromatic nitrogens is 2. The SMILES string of the molecule is CCOC(=O)C1CCN(C(=O)c2cccc(CSc3nc(-c4ccccc4)cc(N4CCN(Cc5ccc6c(c5)OCO6)CC4)n3)c2)CC1. The molecule has 49 heavy (non-hydrogen) atoms. The van der Waals surface area contributed by atoms with Crippen LogP contribution in [0.2, 0.25) is 0 Å². The molecular weight excluding hydrogens is 639 g/mol. The molecule has 1 aromatic heterocycles. The van der Waals surface area contributed by atoms with Crippen LogP contribution in [-0.2, 0) is 21.8 Å². The maximum atomic E-state index is 13.4. The molecule has 0 spiro atoms. The van der Waals surface area contributed by atoms with Crippen molar-refractivity contribution in [2.45, 2.75) is 37.2 Å². The number of benzene rings is 3. The Hall–Kier alpha value is -4.61. The second kappa shape index (κ2) is 15.3. The number of likely N-dealkylation sites (tertiary alicyclic amines) is 1. The highest BCUT2D eigenvalue weighted by atomic mass is 32.2. The minimum absolute atomic E-state index is 0.00330. The number of rotatable bonds is 10. The van der Waals surface area contributed by atoms with Crippen LogP contribution in [-0.4, -0.2) is 84.3 Å². The normalized spacial score (nSPS) is 16.5. The minimum atomic E-state index is -0.157. The molecule has 3 aliphatic rings. The summed E-state index contributed by atoms with van der Waals surface area (Å²) in [6, 6.07) is 26.3. The van der Waals surface area contributed by atoms with E-state index in [4.69, 9.17) is 24.2 Å². The van der Waals surface area contributed by atoms with Gasteiger partial charge in [-0.3, -0.25) is 14.5 Å². The molecule has 10 nitrogen and oxygen atoms in total. The summed E-state index contributed by atoms with van der Waals surface area (Å²) in [5.74, 6) is 2.90. The third-order valence-corrected chi connectivity index (χ3v) is 10.2. The maximum Gasteiger partial charge on any atom is 0.309 e. The van der Waals surface area contributed by atoms with Crippen LogP contribution in [0.3, 0.4) is 0 Å². The van der Waals surface area contributed by atoms with Crippen LogP contribution in [0.5, 0.6) is 11.5 Å². The molecule has 2 saturated heterocycles. The van der Waals surface area contributed by atoms with Crippen LogP contribution in [0.4, 0.5) is 5.82 Å². The van der Waals surface area contributed by atoms with Crippen LogP contribution >= 0.6 is 11.8 Å². The number of piperazine rings is 1. The molecule has 0 atom stereocenters. The van der Waals surface area contributed by atoms with Crippen molar-refractivity contribution in [3.8, 4) is 22.8 Å². The number of ether oxygens (including phenoxy) is 3. The van der Waals surface area contributed by atoms with E-state index in [2.05, 4.69) is 40.1 Å². The number of anilines is 1. The van der Waals surface area contributed by atoms with Gasteiger partial charge in [-0.25, -0.2) is 9.97 Å². The lowest BCUT2D eigenvalue weighted by Crippen LogP contribution is -2.46. The predicted molar refractivity (Wildman–Crippen MR) is 189 cm³/mol. The number of thioether (sulfide) groups is 1. The van der Waals surface area contributed by atoms with E-state index in [0.29, 0.717) is 49.0 Å². The lowest BCUT2D eigenvalue weighted by atomic mass is 9.96. The van der Waals surface area contributed by atoms with Gasteiger partial charge >= 0.3 is 5.97 Å². The molecule has 4 aromatic rings. The third-order valence-electron chi connectivity index (χ3n) is 9.25. The van der Waals surface area contributed by atoms with E-state index in [1.54, 1.807) is 11.8 Å². The number of piperidine rings is 1. The highest BCUT2D eigenvalue weighted by Crippen LogP contribution is 2.33. The van der Waals surface area contributed by atoms with Crippen LogP contribution < -0.4 is 14.4 Å². The van der Waals surface area contributed by atoms with Crippen molar-refractivity contribution in [1.82, 2.24) is 19.8 Å². The first-order valence-electron chi connectivity index (χ1n) is 17.0. The Labute approximate surface area is 291 Å². The van der Waals surface area contributed by atoms with E-state index in [-0.39, 0.29) is 24.6 Å². The molecule has 11 heteroatoms. The number of carbonyl (C=O) groups is 2. The number of nitrogens with zero attached hydrogens (tertiary/aromatic N) is 5. The van der Waals surface area contributed by atoms with Gasteiger partial charge < -0.3 is 24.0 Å². The fourth-order valence-corrected chi connectivity index (χ4v) is 7.33. The van der Waals surface area contributed by atoms with Gasteiger partial charge in [-0.1, -0.05) is 60.3 Å². The molecule has 0 unspecified atom stereocenters. The van der Waals surface area contributed by atoms with Gasteiger partial charge in [-0.15, -0.1) is 0 Å². The zero-order chi connectivity index (χ0) is 33.6. The summed E-state index contributed by atoms with van der Waals surface area (Å²) in [4.78, 5) is 42.2. The lowest BCUT2D eigenvalue weighted by Gasteiger charge is -2.35. The van der Waals surface area contributed by atoms with Gasteiger partial charge in [0.15, 0.2) is 16.7 Å². The van der Waals surface area contributed by atoms with Crippen molar-refractivity contribution in [2.24, 2.45) is 5.92 Å². The molecule has 0 bridgehead atoms. The van der Waals surface area contributed by atoms with E-state index >= 15 is 0 Å². The van der Waals surface area contributed by atoms with E-state index in [0.717, 1.165) is 66.9 Å². The molecule has 254 valence electrons. The molecule has 4 heterocycles. The van der Waals surface area contributed by atoms with Crippen molar-refractivity contribution < 1.29 is 23.8 Å². The summed E-state index contributed by atoms with van der Waals surface area (Å²) in [5, 5.41) is 0.705. The highest BCUT2D eigenvalue weighted by Gasteiger charge is 2.29. The molecule has 1 amide bonds. The average Bonchev–Trinajstić information content (AvgIpc) is 3.63. The number of esters is 1. The maximum absolute atomic E-state index is 13.4. The standard InChI is InChI=1S/C38H41N5O5S/c1-2-46-37(45)30-13-15-43(16-14-30)36(44)31-10-6-7-28(21-31)25-49-38-39-32(29-8-4-3-5-9-29)23-35(40-38)42-19-17-41(18-20-42)24-27-11-12-33-34(22-27)48-26-47-33/h3-12,21-23,30H,2,13-20,24-26H2,1H3. The first-order valence-corrected chi connectivity index (χ1v) is 18.0. The average molecular weight is 680 g/mol. The fraction of sp³-hybridized carbons (Fsp3) is 0.368. The third kappa shape index (κ3) is 8.00. The first-order chi connectivity index (χ1) is 24.0. The summed E-state index contributed by atoms with van der Waals surface area (Å²) >= 11 is 1.58. The van der Waals surface area contributed by atoms with Crippen LogP contribution in [0, 0.1) is 5.92 Å². The van der Waals surface area contributed by atoms with Crippen molar-refractivity contribution in [2.75, 3.05) is 57.6 Å². The van der Waals surface area contributed by atoms with E-state index in [1.807, 2.05) is 60.4 Å². The molecule has 3 aliphatic heterocycles. The van der Waals surface area contributed by atoms with Crippen molar-refractivity contribution >= 4 is 29.5 Å². The summed E-state index contributed by atoms with van der Waals surface area (Å²) in [5.41, 5.74) is 4.85. The van der Waals surface area contributed by atoms with Crippen molar-refractivity contribution in [1.29, 1.82) is 0 Å². The van der Waals surface area contributed by atoms with Gasteiger partial charge in [0.05, 0.1) is 18.2 Å². The molecule has 3 aromatic carbocycles. The zero-order valence-corrected chi connectivity index (χ0v) is 28.6. The number of fused-ring (bicyclic) bond motifs is 1. The summed E-state index contributed by atoms with van der Waals surface area (Å²) in [6.07, 6.45) is 1.26. The number of hydrogen-bond donors (Lipinski definition) is 0. The second-order valence-corrected chi connectivity index (χ2v) is 13.5. The summed E-state index contributed by atoms with van der Waals surface area (Å²) in [6.45, 7) is 8.01. The van der Waals surface area contributed by atoms with Crippen molar-refractivity contribution in [3.63, 3.8) is 0 Å². The minimum Gasteiger partial charge on any atom is -0.466 e. The van der Waals surface area contributed by atoms with Crippen LogP contribution in [0.15, 0.2) is 84.0 Å². The Morgan fingerprint density at radius 2 is 1.63 bits per heavy atom. The molecule has 2 fully saturated rings. The summed E-state index contributed by atoms with van der Waals surface area (Å²) < 4.78 is 16.2. The van der Waals surface area contributed by atoms with Crippen molar-refractivity contribution in [3.05, 3.63) is 95.6 Å². The topological polar surface area (TPSA) is 97.3 Å². The Morgan fingerprint density at radius 1 is 0.837 bits per heavy atom. The molecule has 7 rings (SSSR count). The smallest absolute Gasteiger partial charge is 0.309 e. The van der Waals surface area contributed by atoms with Crippen LogP contribution in [0.1, 0.15) is 41.3 Å². The molecule has 0 N–H and O–H groups in total. The Balaban J connectivity index is 1.00. The Bertz CT molecular complexity index is 1770. The van der Waals surface area contributed by atoms with Crippen LogP contribution in [0.25, 0.3) is 11.3 Å². The number of carbonyl (C=O) groups excluding carboxylic acids is 2. The predicted octanol–water partition coefficient (Wildman–Crippen LogP) is 5.90. The van der Waals surface area contributed by atoms with E-state index < -0.39 is 0 Å². The number of amides is 1. The largest absolute Gasteiger partial charge is 0.466 e. The molecular formula is C38H41N5O5S. The highest BCUT2D eigenvalue weighted by molar-refractivity contribution is 7.98. The second-order valence-electron chi connectivity index (χ2n) is 12.5. The zero-order valence-electron chi connectivity index (χ0n) is 27.8. The van der Waals surface area contributed by atoms with Gasteiger partial charge in [0, 0.05) is 68.8 Å².